The molecule has 0 spiro atoms. The Morgan fingerprint density at radius 2 is 1.82 bits per heavy atom. The normalized spacial score (nSPS) is 11.0. The summed E-state index contributed by atoms with van der Waals surface area (Å²) in [6, 6.07) is 6.03. The van der Waals surface area contributed by atoms with Gasteiger partial charge in [-0.15, -0.1) is 0 Å². The van der Waals surface area contributed by atoms with Gasteiger partial charge in [0.25, 0.3) is 0 Å². The van der Waals surface area contributed by atoms with Gasteiger partial charge in [0.15, 0.2) is 0 Å². The Hall–Kier alpha value is -1.31. The van der Waals surface area contributed by atoms with E-state index in [0.29, 0.717) is 24.0 Å². The van der Waals surface area contributed by atoms with Crippen molar-refractivity contribution in [2.75, 3.05) is 6.61 Å². The van der Waals surface area contributed by atoms with Crippen molar-refractivity contribution in [3.63, 3.8) is 0 Å². The van der Waals surface area contributed by atoms with Crippen LogP contribution in [0.2, 0.25) is 0 Å². The molecule has 0 aliphatic rings. The highest BCUT2D eigenvalue weighted by atomic mass is 16.5. The maximum absolute atomic E-state index is 11.8. The molecule has 17 heavy (non-hydrogen) atoms. The van der Waals surface area contributed by atoms with Gasteiger partial charge in [-0.05, 0) is 36.0 Å². The Bertz CT molecular complexity index is 392. The van der Waals surface area contributed by atoms with Crippen LogP contribution in [-0.2, 0) is 4.74 Å². The Balaban J connectivity index is 3.17. The fourth-order valence-electron chi connectivity index (χ4n) is 1.81. The summed E-state index contributed by atoms with van der Waals surface area (Å²) in [5, 5.41) is 0. The Labute approximate surface area is 104 Å². The number of hydrogen-bond donors (Lipinski definition) is 0. The zero-order chi connectivity index (χ0) is 13.0. The minimum atomic E-state index is -0.216. The number of carbonyl (C=O) groups is 1. The third-order valence-electron chi connectivity index (χ3n) is 2.86. The van der Waals surface area contributed by atoms with Crippen molar-refractivity contribution in [1.29, 1.82) is 0 Å². The van der Waals surface area contributed by atoms with Crippen LogP contribution in [0, 0.1) is 0 Å². The molecule has 1 rings (SSSR count). The van der Waals surface area contributed by atoms with Gasteiger partial charge < -0.3 is 4.74 Å². The third-order valence-corrected chi connectivity index (χ3v) is 2.86. The van der Waals surface area contributed by atoms with Crippen LogP contribution in [0.3, 0.4) is 0 Å². The number of rotatable bonds is 4. The zero-order valence-corrected chi connectivity index (χ0v) is 11.4. The Morgan fingerprint density at radius 3 is 2.29 bits per heavy atom. The van der Waals surface area contributed by atoms with Crippen LogP contribution in [0.1, 0.15) is 67.9 Å². The maximum Gasteiger partial charge on any atom is 0.338 e. The molecule has 0 aromatic heterocycles. The molecule has 94 valence electrons. The second kappa shape index (κ2) is 5.85. The van der Waals surface area contributed by atoms with E-state index in [9.17, 15) is 4.79 Å². The number of carbonyl (C=O) groups excluding carboxylic acids is 1. The first-order valence-corrected chi connectivity index (χ1v) is 6.28. The fourth-order valence-corrected chi connectivity index (χ4v) is 1.81. The van der Waals surface area contributed by atoms with E-state index in [4.69, 9.17) is 4.74 Å². The highest BCUT2D eigenvalue weighted by Gasteiger charge is 2.16. The minimum absolute atomic E-state index is 0.216. The van der Waals surface area contributed by atoms with Crippen LogP contribution in [0.4, 0.5) is 0 Å². The predicted molar refractivity (Wildman–Crippen MR) is 70.6 cm³/mol. The summed E-state index contributed by atoms with van der Waals surface area (Å²) >= 11 is 0. The van der Waals surface area contributed by atoms with Crippen molar-refractivity contribution < 1.29 is 9.53 Å². The number of hydrogen-bond acceptors (Lipinski definition) is 2. The molecular formula is C15H22O2. The van der Waals surface area contributed by atoms with Gasteiger partial charge in [-0.1, -0.05) is 39.8 Å². The lowest BCUT2D eigenvalue weighted by atomic mass is 9.91. The van der Waals surface area contributed by atoms with Crippen LogP contribution < -0.4 is 0 Å². The Kier molecular flexibility index (Phi) is 4.73. The van der Waals surface area contributed by atoms with Gasteiger partial charge in [0, 0.05) is 0 Å². The summed E-state index contributed by atoms with van der Waals surface area (Å²) < 4.78 is 5.08. The molecule has 0 saturated heterocycles. The van der Waals surface area contributed by atoms with Gasteiger partial charge in [-0.3, -0.25) is 0 Å². The van der Waals surface area contributed by atoms with E-state index in [0.717, 1.165) is 5.56 Å². The highest BCUT2D eigenvalue weighted by molar-refractivity contribution is 5.91. The molecule has 0 atom stereocenters. The molecule has 1 aromatic rings. The van der Waals surface area contributed by atoms with Crippen molar-refractivity contribution in [1.82, 2.24) is 0 Å². The smallest absolute Gasteiger partial charge is 0.338 e. The molecule has 1 aromatic carbocycles. The summed E-state index contributed by atoms with van der Waals surface area (Å²) in [7, 11) is 0. The lowest BCUT2D eigenvalue weighted by molar-refractivity contribution is 0.0524. The molecule has 0 saturated carbocycles. The van der Waals surface area contributed by atoms with Crippen LogP contribution >= 0.6 is 0 Å². The molecule has 0 amide bonds. The molecule has 0 N–H and O–H groups in total. The first-order chi connectivity index (χ1) is 7.97. The number of benzene rings is 1. The van der Waals surface area contributed by atoms with Gasteiger partial charge in [0.2, 0.25) is 0 Å². The molecule has 0 fully saturated rings. The largest absolute Gasteiger partial charge is 0.462 e. The first-order valence-electron chi connectivity index (χ1n) is 6.28. The van der Waals surface area contributed by atoms with Crippen LogP contribution in [-0.4, -0.2) is 12.6 Å². The van der Waals surface area contributed by atoms with E-state index in [-0.39, 0.29) is 5.97 Å². The molecule has 2 heteroatoms. The van der Waals surface area contributed by atoms with Crippen molar-refractivity contribution in [2.24, 2.45) is 0 Å². The van der Waals surface area contributed by atoms with E-state index < -0.39 is 0 Å². The van der Waals surface area contributed by atoms with E-state index >= 15 is 0 Å². The Morgan fingerprint density at radius 1 is 1.18 bits per heavy atom. The third kappa shape index (κ3) is 3.32. The molecule has 0 radical (unpaired) electrons. The molecule has 0 bridgehead atoms. The predicted octanol–water partition coefficient (Wildman–Crippen LogP) is 4.11. The second-order valence-corrected chi connectivity index (χ2v) is 4.88. The molecule has 2 nitrogen and oxygen atoms in total. The number of ether oxygens (including phenoxy) is 1. The molecule has 0 heterocycles. The molecular weight excluding hydrogens is 212 g/mol. The number of esters is 1. The van der Waals surface area contributed by atoms with Crippen LogP contribution in [0.15, 0.2) is 18.2 Å². The molecule has 0 aliphatic carbocycles. The topological polar surface area (TPSA) is 26.3 Å². The molecule has 0 unspecified atom stereocenters. The zero-order valence-electron chi connectivity index (χ0n) is 11.4. The van der Waals surface area contributed by atoms with Gasteiger partial charge in [0.05, 0.1) is 12.2 Å². The molecule has 0 aliphatic heterocycles. The van der Waals surface area contributed by atoms with E-state index in [2.05, 4.69) is 33.8 Å². The van der Waals surface area contributed by atoms with E-state index in [1.54, 1.807) is 0 Å². The van der Waals surface area contributed by atoms with Gasteiger partial charge in [-0.2, -0.15) is 0 Å². The van der Waals surface area contributed by atoms with Crippen LogP contribution in [0.25, 0.3) is 0 Å². The average Bonchev–Trinajstić information content (AvgIpc) is 2.28. The van der Waals surface area contributed by atoms with Crippen LogP contribution in [0.5, 0.6) is 0 Å². The summed E-state index contributed by atoms with van der Waals surface area (Å²) in [4.78, 5) is 11.8. The minimum Gasteiger partial charge on any atom is -0.462 e. The SMILES string of the molecule is CCOC(=O)c1ccc(C(C)C)cc1C(C)C. The summed E-state index contributed by atoms with van der Waals surface area (Å²) in [6.45, 7) is 10.8. The first kappa shape index (κ1) is 13.8. The summed E-state index contributed by atoms with van der Waals surface area (Å²) in [5.74, 6) is 0.586. The fraction of sp³-hybridized carbons (Fsp3) is 0.533. The lowest BCUT2D eigenvalue weighted by Gasteiger charge is -2.15. The summed E-state index contributed by atoms with van der Waals surface area (Å²) in [5.41, 5.74) is 3.04. The van der Waals surface area contributed by atoms with Gasteiger partial charge in [0.1, 0.15) is 0 Å². The van der Waals surface area contributed by atoms with E-state index in [1.165, 1.54) is 5.56 Å². The highest BCUT2D eigenvalue weighted by Crippen LogP contribution is 2.25. The lowest BCUT2D eigenvalue weighted by Crippen LogP contribution is -2.09. The maximum atomic E-state index is 11.8. The van der Waals surface area contributed by atoms with Gasteiger partial charge >= 0.3 is 5.97 Å². The van der Waals surface area contributed by atoms with Crippen molar-refractivity contribution in [2.45, 2.75) is 46.5 Å². The van der Waals surface area contributed by atoms with Crippen molar-refractivity contribution in [3.8, 4) is 0 Å². The standard InChI is InChI=1S/C15H22O2/c1-6-17-15(16)13-8-7-12(10(2)3)9-14(13)11(4)5/h7-11H,6H2,1-5H3. The quantitative estimate of drug-likeness (QED) is 0.733. The summed E-state index contributed by atoms with van der Waals surface area (Å²) in [6.07, 6.45) is 0. The monoisotopic (exact) mass is 234 g/mol. The van der Waals surface area contributed by atoms with Gasteiger partial charge in [-0.25, -0.2) is 4.79 Å². The van der Waals surface area contributed by atoms with E-state index in [1.807, 2.05) is 19.1 Å². The average molecular weight is 234 g/mol. The van der Waals surface area contributed by atoms with Crippen molar-refractivity contribution in [3.05, 3.63) is 34.9 Å². The second-order valence-electron chi connectivity index (χ2n) is 4.88. The van der Waals surface area contributed by atoms with Crippen molar-refractivity contribution >= 4 is 5.97 Å².